The number of hydrogen-bond donors (Lipinski definition) is 1. The Bertz CT molecular complexity index is 197. The molecule has 1 fully saturated rings. The zero-order valence-corrected chi connectivity index (χ0v) is 13.2. The fraction of sp³-hybridized carbons (Fsp3) is 1.00. The molecule has 0 aromatic carbocycles. The summed E-state index contributed by atoms with van der Waals surface area (Å²) in [7, 11) is 0. The summed E-state index contributed by atoms with van der Waals surface area (Å²) in [4.78, 5) is 2.73. The molecule has 0 aromatic rings. The van der Waals surface area contributed by atoms with Gasteiger partial charge in [-0.3, -0.25) is 4.90 Å². The molecule has 108 valence electrons. The van der Waals surface area contributed by atoms with E-state index in [0.29, 0.717) is 0 Å². The Morgan fingerprint density at radius 3 is 2.11 bits per heavy atom. The first kappa shape index (κ1) is 16.0. The van der Waals surface area contributed by atoms with Gasteiger partial charge in [-0.2, -0.15) is 0 Å². The summed E-state index contributed by atoms with van der Waals surface area (Å²) in [5, 5.41) is 3.64. The van der Waals surface area contributed by atoms with Crippen LogP contribution in [0.4, 0.5) is 0 Å². The fourth-order valence-electron chi connectivity index (χ4n) is 3.21. The van der Waals surface area contributed by atoms with E-state index in [1.54, 1.807) is 0 Å². The minimum Gasteiger partial charge on any atom is -0.313 e. The molecule has 18 heavy (non-hydrogen) atoms. The second kappa shape index (κ2) is 8.16. The molecule has 0 aliphatic carbocycles. The van der Waals surface area contributed by atoms with E-state index in [1.807, 2.05) is 0 Å². The smallest absolute Gasteiger partial charge is 0.0195 e. The molecule has 2 nitrogen and oxygen atoms in total. The van der Waals surface area contributed by atoms with Crippen molar-refractivity contribution in [2.24, 2.45) is 11.8 Å². The summed E-state index contributed by atoms with van der Waals surface area (Å²) >= 11 is 0. The third kappa shape index (κ3) is 5.71. The minimum atomic E-state index is 0.742. The van der Waals surface area contributed by atoms with E-state index in [-0.39, 0.29) is 0 Å². The highest BCUT2D eigenvalue weighted by Gasteiger charge is 2.23. The van der Waals surface area contributed by atoms with Crippen molar-refractivity contribution in [3.05, 3.63) is 0 Å². The number of likely N-dealkylation sites (N-methyl/N-ethyl adjacent to an activating group) is 1. The average molecular weight is 254 g/mol. The summed E-state index contributed by atoms with van der Waals surface area (Å²) in [6.45, 7) is 15.4. The van der Waals surface area contributed by atoms with E-state index in [0.717, 1.165) is 23.9 Å². The summed E-state index contributed by atoms with van der Waals surface area (Å²) in [6, 6.07) is 1.52. The van der Waals surface area contributed by atoms with Crippen LogP contribution in [0.5, 0.6) is 0 Å². The van der Waals surface area contributed by atoms with Crippen molar-refractivity contribution in [2.75, 3.05) is 19.6 Å². The molecule has 0 saturated carbocycles. The normalized spacial score (nSPS) is 20.8. The molecule has 1 heterocycles. The van der Waals surface area contributed by atoms with Gasteiger partial charge >= 0.3 is 0 Å². The van der Waals surface area contributed by atoms with Crippen LogP contribution in [-0.2, 0) is 0 Å². The molecule has 1 atom stereocenters. The summed E-state index contributed by atoms with van der Waals surface area (Å²) in [5.41, 5.74) is 0. The van der Waals surface area contributed by atoms with Gasteiger partial charge < -0.3 is 5.32 Å². The largest absolute Gasteiger partial charge is 0.313 e. The van der Waals surface area contributed by atoms with E-state index >= 15 is 0 Å². The first-order valence-electron chi connectivity index (χ1n) is 8.00. The number of nitrogens with one attached hydrogen (secondary N) is 1. The molecule has 1 aliphatic heterocycles. The van der Waals surface area contributed by atoms with E-state index in [1.165, 1.54) is 45.3 Å². The number of hydrogen-bond acceptors (Lipinski definition) is 2. The molecular weight excluding hydrogens is 220 g/mol. The lowest BCUT2D eigenvalue weighted by molar-refractivity contribution is 0.147. The van der Waals surface area contributed by atoms with Crippen LogP contribution in [0.3, 0.4) is 0 Å². The highest BCUT2D eigenvalue weighted by molar-refractivity contribution is 4.82. The molecule has 0 bridgehead atoms. The van der Waals surface area contributed by atoms with Crippen molar-refractivity contribution < 1.29 is 0 Å². The molecule has 1 aliphatic rings. The van der Waals surface area contributed by atoms with Crippen molar-refractivity contribution in [1.29, 1.82) is 0 Å². The molecule has 1 unspecified atom stereocenters. The molecule has 1 rings (SSSR count). The van der Waals surface area contributed by atoms with Crippen LogP contribution in [0, 0.1) is 11.8 Å². The third-order valence-corrected chi connectivity index (χ3v) is 4.03. The highest BCUT2D eigenvalue weighted by atomic mass is 15.2. The molecular formula is C16H34N2. The van der Waals surface area contributed by atoms with E-state index in [4.69, 9.17) is 0 Å². The lowest BCUT2D eigenvalue weighted by Crippen LogP contribution is -2.44. The maximum absolute atomic E-state index is 3.64. The lowest BCUT2D eigenvalue weighted by Gasteiger charge is -2.35. The standard InChI is InChI=1S/C16H34N2/c1-6-18(12-15-8-7-9-17-15)16(10-13(2)3)11-14(4)5/h13-17H,6-12H2,1-5H3. The lowest BCUT2D eigenvalue weighted by atomic mass is 9.94. The van der Waals surface area contributed by atoms with Gasteiger partial charge in [0, 0.05) is 18.6 Å². The predicted octanol–water partition coefficient (Wildman–Crippen LogP) is 3.52. The maximum atomic E-state index is 3.64. The first-order valence-corrected chi connectivity index (χ1v) is 8.00. The fourth-order valence-corrected chi connectivity index (χ4v) is 3.21. The van der Waals surface area contributed by atoms with Gasteiger partial charge in [0.25, 0.3) is 0 Å². The molecule has 2 heteroatoms. The van der Waals surface area contributed by atoms with Gasteiger partial charge in [0.05, 0.1) is 0 Å². The van der Waals surface area contributed by atoms with Crippen molar-refractivity contribution in [1.82, 2.24) is 10.2 Å². The van der Waals surface area contributed by atoms with E-state index in [9.17, 15) is 0 Å². The van der Waals surface area contributed by atoms with Gasteiger partial charge in [-0.1, -0.05) is 34.6 Å². The van der Waals surface area contributed by atoms with Crippen LogP contribution in [0.25, 0.3) is 0 Å². The molecule has 1 N–H and O–H groups in total. The predicted molar refractivity (Wildman–Crippen MR) is 81.0 cm³/mol. The van der Waals surface area contributed by atoms with Gasteiger partial charge in [0.1, 0.15) is 0 Å². The van der Waals surface area contributed by atoms with Gasteiger partial charge in [0.2, 0.25) is 0 Å². The van der Waals surface area contributed by atoms with Crippen molar-refractivity contribution in [2.45, 2.75) is 72.4 Å². The second-order valence-electron chi connectivity index (χ2n) is 6.79. The Labute approximate surface area is 115 Å². The topological polar surface area (TPSA) is 15.3 Å². The number of nitrogens with zero attached hydrogens (tertiary/aromatic N) is 1. The maximum Gasteiger partial charge on any atom is 0.0195 e. The Balaban J connectivity index is 2.53. The van der Waals surface area contributed by atoms with Crippen LogP contribution in [0.1, 0.15) is 60.3 Å². The minimum absolute atomic E-state index is 0.742. The Morgan fingerprint density at radius 2 is 1.72 bits per heavy atom. The van der Waals surface area contributed by atoms with Gasteiger partial charge in [-0.15, -0.1) is 0 Å². The highest BCUT2D eigenvalue weighted by Crippen LogP contribution is 2.20. The second-order valence-corrected chi connectivity index (χ2v) is 6.79. The monoisotopic (exact) mass is 254 g/mol. The summed E-state index contributed by atoms with van der Waals surface area (Å²) in [6.07, 6.45) is 5.42. The van der Waals surface area contributed by atoms with Crippen LogP contribution in [-0.4, -0.2) is 36.6 Å². The van der Waals surface area contributed by atoms with E-state index < -0.39 is 0 Å². The molecule has 1 saturated heterocycles. The molecule has 0 radical (unpaired) electrons. The molecule has 0 amide bonds. The van der Waals surface area contributed by atoms with E-state index in [2.05, 4.69) is 44.8 Å². The zero-order valence-electron chi connectivity index (χ0n) is 13.2. The van der Waals surface area contributed by atoms with Crippen molar-refractivity contribution in [3.8, 4) is 0 Å². The number of rotatable bonds is 8. The third-order valence-electron chi connectivity index (χ3n) is 4.03. The summed E-state index contributed by atoms with van der Waals surface area (Å²) < 4.78 is 0. The zero-order chi connectivity index (χ0) is 13.5. The molecule has 0 spiro atoms. The average Bonchev–Trinajstić information content (AvgIpc) is 2.76. The van der Waals surface area contributed by atoms with Crippen LogP contribution >= 0.6 is 0 Å². The molecule has 0 aromatic heterocycles. The SMILES string of the molecule is CCN(CC1CCCN1)C(CC(C)C)CC(C)C. The van der Waals surface area contributed by atoms with Crippen molar-refractivity contribution >= 4 is 0 Å². The van der Waals surface area contributed by atoms with Gasteiger partial charge in [-0.05, 0) is 50.6 Å². The Kier molecular flexibility index (Phi) is 7.25. The van der Waals surface area contributed by atoms with Crippen LogP contribution in [0.2, 0.25) is 0 Å². The van der Waals surface area contributed by atoms with Crippen LogP contribution in [0.15, 0.2) is 0 Å². The quantitative estimate of drug-likeness (QED) is 0.713. The van der Waals surface area contributed by atoms with Gasteiger partial charge in [0.15, 0.2) is 0 Å². The Morgan fingerprint density at radius 1 is 1.11 bits per heavy atom. The first-order chi connectivity index (χ1) is 8.52. The summed E-state index contributed by atoms with van der Waals surface area (Å²) in [5.74, 6) is 1.61. The van der Waals surface area contributed by atoms with Crippen LogP contribution < -0.4 is 5.32 Å². The van der Waals surface area contributed by atoms with Crippen molar-refractivity contribution in [3.63, 3.8) is 0 Å². The van der Waals surface area contributed by atoms with Gasteiger partial charge in [-0.25, -0.2) is 0 Å². The Hall–Kier alpha value is -0.0800.